The van der Waals surface area contributed by atoms with Crippen molar-refractivity contribution in [1.82, 2.24) is 20.9 Å². The summed E-state index contributed by atoms with van der Waals surface area (Å²) in [6, 6.07) is 25.1. The summed E-state index contributed by atoms with van der Waals surface area (Å²) in [5.41, 5.74) is 5.71. The maximum Gasteiger partial charge on any atom is 0.315 e. The number of urea groups is 1. The van der Waals surface area contributed by atoms with Crippen molar-refractivity contribution in [1.29, 1.82) is 0 Å². The van der Waals surface area contributed by atoms with Gasteiger partial charge in [0.2, 0.25) is 5.91 Å². The molecular weight excluding hydrogens is 749 g/mol. The molecule has 322 valence electrons. The van der Waals surface area contributed by atoms with Gasteiger partial charge in [0.15, 0.2) is 6.29 Å². The Hall–Kier alpha value is -3.76. The molecule has 0 radical (unpaired) electrons. The van der Waals surface area contributed by atoms with Gasteiger partial charge in [-0.2, -0.15) is 0 Å². The van der Waals surface area contributed by atoms with Gasteiger partial charge in [-0.15, -0.1) is 0 Å². The molecule has 5 aliphatic carbocycles. The van der Waals surface area contributed by atoms with E-state index in [2.05, 4.69) is 109 Å². The number of likely N-dealkylation sites (tertiary alicyclic amines) is 1. The molecule has 9 heteroatoms. The van der Waals surface area contributed by atoms with E-state index in [1.807, 2.05) is 12.1 Å². The van der Waals surface area contributed by atoms with Crippen LogP contribution in [0.3, 0.4) is 0 Å². The van der Waals surface area contributed by atoms with Gasteiger partial charge in [0, 0.05) is 41.7 Å². The Bertz CT molecular complexity index is 1960. The molecule has 3 aromatic rings. The average molecular weight is 817 g/mol. The fraction of sp³-hybridized carbons (Fsp3) is 0.608. The zero-order chi connectivity index (χ0) is 41.6. The molecule has 60 heavy (non-hydrogen) atoms. The second-order valence-electron chi connectivity index (χ2n) is 20.8. The van der Waals surface area contributed by atoms with Crippen molar-refractivity contribution in [3.05, 3.63) is 95.1 Å². The third kappa shape index (κ3) is 9.06. The van der Waals surface area contributed by atoms with Crippen molar-refractivity contribution in [3.8, 4) is 11.1 Å². The molecule has 7 aliphatic rings. The van der Waals surface area contributed by atoms with E-state index in [9.17, 15) is 14.7 Å². The number of nitrogens with one attached hydrogen (secondary N) is 3. The molecule has 4 bridgehead atoms. The number of carbonyl (C=O) groups excluding carboxylic acids is 2. The van der Waals surface area contributed by atoms with Gasteiger partial charge in [-0.3, -0.25) is 9.69 Å². The highest BCUT2D eigenvalue weighted by Crippen LogP contribution is 2.55. The molecule has 0 spiro atoms. The molecule has 2 saturated heterocycles. The number of aliphatic hydroxyl groups is 1. The average Bonchev–Trinajstić information content (AvgIpc) is 3.22. The van der Waals surface area contributed by atoms with Gasteiger partial charge in [-0.1, -0.05) is 80.4 Å². The summed E-state index contributed by atoms with van der Waals surface area (Å²) in [4.78, 5) is 29.8. The largest absolute Gasteiger partial charge is 0.392 e. The van der Waals surface area contributed by atoms with Gasteiger partial charge in [0.25, 0.3) is 0 Å². The lowest BCUT2D eigenvalue weighted by Gasteiger charge is -2.56. The zero-order valence-corrected chi connectivity index (χ0v) is 36.3. The number of benzene rings is 3. The lowest BCUT2D eigenvalue weighted by Crippen LogP contribution is -2.61. The number of fused-ring (bicyclic) bond motifs is 1. The molecular formula is C51H68N4O5. The number of hydrogen-bond donors (Lipinski definition) is 4. The lowest BCUT2D eigenvalue weighted by molar-refractivity contribution is -0.278. The maximum atomic E-state index is 14.0. The summed E-state index contributed by atoms with van der Waals surface area (Å²) in [7, 11) is 0. The number of carbonyl (C=O) groups is 2. The topological polar surface area (TPSA) is 112 Å². The van der Waals surface area contributed by atoms with Gasteiger partial charge < -0.3 is 30.5 Å². The van der Waals surface area contributed by atoms with Crippen LogP contribution in [-0.4, -0.2) is 57.8 Å². The van der Waals surface area contributed by atoms with Crippen molar-refractivity contribution in [2.24, 2.45) is 29.6 Å². The number of amides is 3. The van der Waals surface area contributed by atoms with Crippen molar-refractivity contribution >= 4 is 11.9 Å². The third-order valence-electron chi connectivity index (χ3n) is 15.1. The first-order valence-electron chi connectivity index (χ1n) is 23.2. The van der Waals surface area contributed by atoms with E-state index in [0.717, 1.165) is 89.7 Å². The Balaban J connectivity index is 0.941. The van der Waals surface area contributed by atoms with E-state index in [0.29, 0.717) is 25.0 Å². The second kappa shape index (κ2) is 17.2. The molecule has 2 aliphatic heterocycles. The lowest BCUT2D eigenvalue weighted by atomic mass is 9.53. The summed E-state index contributed by atoms with van der Waals surface area (Å²) in [5, 5.41) is 19.8. The number of ether oxygens (including phenoxy) is 2. The molecule has 3 amide bonds. The van der Waals surface area contributed by atoms with Gasteiger partial charge in [-0.05, 0) is 149 Å². The quantitative estimate of drug-likeness (QED) is 0.162. The maximum absolute atomic E-state index is 14.0. The summed E-state index contributed by atoms with van der Waals surface area (Å²) < 4.78 is 14.0. The highest BCUT2D eigenvalue weighted by atomic mass is 16.7. The second-order valence-corrected chi connectivity index (χ2v) is 20.8. The third-order valence-corrected chi connectivity index (χ3v) is 15.1. The molecule has 0 aromatic heterocycles. The molecule has 10 rings (SSSR count). The number of piperidine rings is 1. The van der Waals surface area contributed by atoms with Crippen LogP contribution in [0.4, 0.5) is 4.79 Å². The van der Waals surface area contributed by atoms with Crippen molar-refractivity contribution in [2.75, 3.05) is 6.54 Å². The fourth-order valence-corrected chi connectivity index (χ4v) is 12.7. The standard InChI is InChI=1S/C51H68N4O5/c1-32-45(30-55-43-14-6-5-10-38(43)19-20-44(55)47(57)53-50(2,3)4)59-48(60-46(32)39-17-15-33(31-56)16-18-39)42-13-8-12-41(25-42)40-11-7-9-34(24-40)29-52-49(58)54-51-26-35-21-36(27-51)23-37(22-35)28-51/h7-9,11-13,15-18,24-25,32,35-38,43-46,48,56H,5-6,10,14,19-23,26-31H2,1-4H3,(H,53,57)(H2,52,54,58). The minimum atomic E-state index is -0.624. The van der Waals surface area contributed by atoms with Crippen LogP contribution in [0.15, 0.2) is 72.8 Å². The van der Waals surface area contributed by atoms with E-state index < -0.39 is 6.29 Å². The van der Waals surface area contributed by atoms with Crippen LogP contribution in [0.25, 0.3) is 11.1 Å². The fourth-order valence-electron chi connectivity index (χ4n) is 12.7. The molecule has 3 aromatic carbocycles. The van der Waals surface area contributed by atoms with Crippen LogP contribution >= 0.6 is 0 Å². The van der Waals surface area contributed by atoms with Crippen LogP contribution in [0.5, 0.6) is 0 Å². The zero-order valence-electron chi connectivity index (χ0n) is 36.3. The van der Waals surface area contributed by atoms with Crippen molar-refractivity contribution in [2.45, 2.75) is 160 Å². The minimum Gasteiger partial charge on any atom is -0.392 e. The van der Waals surface area contributed by atoms with E-state index in [-0.39, 0.29) is 53.8 Å². The van der Waals surface area contributed by atoms with E-state index >= 15 is 0 Å². The molecule has 4 N–H and O–H groups in total. The van der Waals surface area contributed by atoms with Gasteiger partial charge in [-0.25, -0.2) is 4.79 Å². The Labute approximate surface area is 357 Å². The summed E-state index contributed by atoms with van der Waals surface area (Å²) >= 11 is 0. The molecule has 9 nitrogen and oxygen atoms in total. The number of aliphatic hydroxyl groups excluding tert-OH is 1. The number of nitrogens with zero attached hydrogens (tertiary/aromatic N) is 1. The molecule has 7 fully saturated rings. The first kappa shape index (κ1) is 41.6. The highest BCUT2D eigenvalue weighted by Gasteiger charge is 2.52. The Morgan fingerprint density at radius 1 is 0.800 bits per heavy atom. The molecule has 7 unspecified atom stereocenters. The van der Waals surface area contributed by atoms with E-state index in [1.165, 1.54) is 38.5 Å². The predicted molar refractivity (Wildman–Crippen MR) is 234 cm³/mol. The smallest absolute Gasteiger partial charge is 0.315 e. The van der Waals surface area contributed by atoms with Gasteiger partial charge >= 0.3 is 6.03 Å². The van der Waals surface area contributed by atoms with Crippen LogP contribution < -0.4 is 16.0 Å². The molecule has 5 saturated carbocycles. The van der Waals surface area contributed by atoms with Crippen LogP contribution in [0, 0.1) is 29.6 Å². The Morgan fingerprint density at radius 2 is 1.48 bits per heavy atom. The number of rotatable bonds is 10. The highest BCUT2D eigenvalue weighted by molar-refractivity contribution is 5.82. The van der Waals surface area contributed by atoms with Crippen LogP contribution in [0.2, 0.25) is 0 Å². The van der Waals surface area contributed by atoms with Crippen molar-refractivity contribution in [3.63, 3.8) is 0 Å². The van der Waals surface area contributed by atoms with Gasteiger partial charge in [0.05, 0.1) is 24.9 Å². The Kier molecular flexibility index (Phi) is 11.9. The van der Waals surface area contributed by atoms with Crippen LogP contribution in [-0.2, 0) is 27.4 Å². The summed E-state index contributed by atoms with van der Waals surface area (Å²) in [6.07, 6.45) is 13.1. The Morgan fingerprint density at radius 3 is 2.18 bits per heavy atom. The minimum absolute atomic E-state index is 0.00373. The van der Waals surface area contributed by atoms with E-state index in [4.69, 9.17) is 9.47 Å². The normalized spacial score (nSPS) is 33.8. The van der Waals surface area contributed by atoms with Crippen molar-refractivity contribution < 1.29 is 24.2 Å². The first-order valence-corrected chi connectivity index (χ1v) is 23.2. The predicted octanol–water partition coefficient (Wildman–Crippen LogP) is 9.34. The number of hydrogen-bond acceptors (Lipinski definition) is 6. The SMILES string of the molecule is CC1C(CN2C(C(=O)NC(C)(C)C)CCC3CCCCC32)OC(c2cccc(-c3cccc(CNC(=O)NC45CC6CC(CC(C6)C4)C5)c3)c2)OC1c1ccc(CO)cc1. The molecule has 2 heterocycles. The summed E-state index contributed by atoms with van der Waals surface area (Å²) in [6.45, 7) is 9.51. The van der Waals surface area contributed by atoms with Gasteiger partial charge in [0.1, 0.15) is 0 Å². The van der Waals surface area contributed by atoms with E-state index in [1.54, 1.807) is 0 Å². The first-order chi connectivity index (χ1) is 28.9. The summed E-state index contributed by atoms with van der Waals surface area (Å²) in [5.74, 6) is 3.07. The van der Waals surface area contributed by atoms with Crippen LogP contribution in [0.1, 0.15) is 139 Å². The molecule has 7 atom stereocenters. The monoisotopic (exact) mass is 817 g/mol.